The third kappa shape index (κ3) is 3.31. The maximum absolute atomic E-state index is 13.6. The molecular formula is C16H16BrF2NO. The van der Waals surface area contributed by atoms with Gasteiger partial charge in [-0.1, -0.05) is 24.3 Å². The summed E-state index contributed by atoms with van der Waals surface area (Å²) in [6.45, 7) is -0.0455. The van der Waals surface area contributed by atoms with Gasteiger partial charge in [0.15, 0.2) is 0 Å². The molecule has 5 heteroatoms. The van der Waals surface area contributed by atoms with Crippen molar-refractivity contribution in [1.82, 2.24) is 0 Å². The molecule has 0 fully saturated rings. The van der Waals surface area contributed by atoms with E-state index in [9.17, 15) is 13.9 Å². The van der Waals surface area contributed by atoms with Crippen LogP contribution >= 0.6 is 15.9 Å². The van der Waals surface area contributed by atoms with Gasteiger partial charge in [-0.15, -0.1) is 0 Å². The highest BCUT2D eigenvalue weighted by Crippen LogP contribution is 2.31. The van der Waals surface area contributed by atoms with Crippen molar-refractivity contribution >= 4 is 15.9 Å². The first kappa shape index (κ1) is 16.1. The van der Waals surface area contributed by atoms with Gasteiger partial charge in [0.05, 0.1) is 11.1 Å². The zero-order valence-corrected chi connectivity index (χ0v) is 12.9. The van der Waals surface area contributed by atoms with E-state index in [1.54, 1.807) is 24.3 Å². The van der Waals surface area contributed by atoms with Crippen molar-refractivity contribution in [2.45, 2.75) is 11.8 Å². The van der Waals surface area contributed by atoms with Crippen molar-refractivity contribution in [3.63, 3.8) is 0 Å². The van der Waals surface area contributed by atoms with Gasteiger partial charge in [-0.3, -0.25) is 0 Å². The predicted molar refractivity (Wildman–Crippen MR) is 82.0 cm³/mol. The summed E-state index contributed by atoms with van der Waals surface area (Å²) in [4.78, 5) is 0. The number of aliphatic hydroxyl groups is 1. The van der Waals surface area contributed by atoms with Gasteiger partial charge in [0, 0.05) is 12.0 Å². The summed E-state index contributed by atoms with van der Waals surface area (Å²) in [6, 6.07) is 10.6. The second-order valence-electron chi connectivity index (χ2n) is 5.04. The van der Waals surface area contributed by atoms with Gasteiger partial charge in [-0.2, -0.15) is 0 Å². The van der Waals surface area contributed by atoms with Crippen LogP contribution in [-0.2, 0) is 11.8 Å². The third-order valence-electron chi connectivity index (χ3n) is 3.71. The summed E-state index contributed by atoms with van der Waals surface area (Å²) in [6.07, 6.45) is 0.351. The molecule has 2 aromatic rings. The Bertz CT molecular complexity index is 612. The predicted octanol–water partition coefficient (Wildman–Crippen LogP) is 3.16. The molecule has 3 N–H and O–H groups in total. The highest BCUT2D eigenvalue weighted by molar-refractivity contribution is 9.10. The molecule has 2 nitrogen and oxygen atoms in total. The first-order chi connectivity index (χ1) is 10.0. The van der Waals surface area contributed by atoms with Crippen LogP contribution < -0.4 is 5.73 Å². The molecule has 0 aliphatic rings. The van der Waals surface area contributed by atoms with Crippen molar-refractivity contribution in [3.8, 4) is 0 Å². The Hall–Kier alpha value is -1.30. The second kappa shape index (κ2) is 6.64. The van der Waals surface area contributed by atoms with E-state index in [2.05, 4.69) is 15.9 Å². The lowest BCUT2D eigenvalue weighted by Crippen LogP contribution is -2.41. The Labute approximate surface area is 130 Å². The molecule has 1 atom stereocenters. The molecular weight excluding hydrogens is 340 g/mol. The Morgan fingerprint density at radius 1 is 1.10 bits per heavy atom. The standard InChI is InChI=1S/C16H16BrF2NO/c17-15-11(2-1-3-14(15)19)8-16(9-20,10-21)12-4-6-13(18)7-5-12/h1-7,21H,8-10,20H2. The van der Waals surface area contributed by atoms with Crippen molar-refractivity contribution in [2.24, 2.45) is 5.73 Å². The summed E-state index contributed by atoms with van der Waals surface area (Å²) in [5, 5.41) is 9.84. The Morgan fingerprint density at radius 2 is 1.76 bits per heavy atom. The van der Waals surface area contributed by atoms with E-state index in [0.717, 1.165) is 5.56 Å². The lowest BCUT2D eigenvalue weighted by Gasteiger charge is -2.31. The van der Waals surface area contributed by atoms with Crippen molar-refractivity contribution in [3.05, 3.63) is 69.7 Å². The highest BCUT2D eigenvalue weighted by Gasteiger charge is 2.31. The van der Waals surface area contributed by atoms with Crippen LogP contribution in [-0.4, -0.2) is 18.3 Å². The van der Waals surface area contributed by atoms with E-state index in [1.807, 2.05) is 0 Å². The SMILES string of the molecule is NCC(CO)(Cc1cccc(F)c1Br)c1ccc(F)cc1. The largest absolute Gasteiger partial charge is 0.395 e. The molecule has 2 aromatic carbocycles. The Kier molecular flexibility index (Phi) is 5.08. The van der Waals surface area contributed by atoms with E-state index in [1.165, 1.54) is 18.2 Å². The highest BCUT2D eigenvalue weighted by atomic mass is 79.9. The fourth-order valence-electron chi connectivity index (χ4n) is 2.36. The fraction of sp³-hybridized carbons (Fsp3) is 0.250. The third-order valence-corrected chi connectivity index (χ3v) is 4.60. The monoisotopic (exact) mass is 355 g/mol. The van der Waals surface area contributed by atoms with Gasteiger partial charge in [0.1, 0.15) is 11.6 Å². The average molecular weight is 356 g/mol. The van der Waals surface area contributed by atoms with E-state index < -0.39 is 5.41 Å². The molecule has 21 heavy (non-hydrogen) atoms. The summed E-state index contributed by atoms with van der Waals surface area (Å²) < 4.78 is 27.1. The maximum Gasteiger partial charge on any atom is 0.137 e. The van der Waals surface area contributed by atoms with Gasteiger partial charge in [-0.25, -0.2) is 8.78 Å². The van der Waals surface area contributed by atoms with Crippen LogP contribution in [0.2, 0.25) is 0 Å². The number of hydrogen-bond donors (Lipinski definition) is 2. The lowest BCUT2D eigenvalue weighted by molar-refractivity contribution is 0.195. The van der Waals surface area contributed by atoms with Gasteiger partial charge >= 0.3 is 0 Å². The lowest BCUT2D eigenvalue weighted by atomic mass is 9.76. The molecule has 0 aromatic heterocycles. The summed E-state index contributed by atoms with van der Waals surface area (Å²) >= 11 is 3.22. The minimum atomic E-state index is -0.774. The van der Waals surface area contributed by atoms with E-state index in [-0.39, 0.29) is 24.8 Å². The van der Waals surface area contributed by atoms with Crippen molar-refractivity contribution in [1.29, 1.82) is 0 Å². The summed E-state index contributed by atoms with van der Waals surface area (Å²) in [5.41, 5.74) is 6.52. The van der Waals surface area contributed by atoms with E-state index in [4.69, 9.17) is 5.73 Å². The molecule has 0 saturated carbocycles. The minimum Gasteiger partial charge on any atom is -0.395 e. The second-order valence-corrected chi connectivity index (χ2v) is 5.83. The topological polar surface area (TPSA) is 46.2 Å². The summed E-state index contributed by atoms with van der Waals surface area (Å²) in [7, 11) is 0. The number of aliphatic hydroxyl groups excluding tert-OH is 1. The maximum atomic E-state index is 13.6. The number of halogens is 3. The zero-order chi connectivity index (χ0) is 15.5. The normalized spacial score (nSPS) is 14.0. The number of nitrogens with two attached hydrogens (primary N) is 1. The van der Waals surface area contributed by atoms with Crippen LogP contribution in [0.25, 0.3) is 0 Å². The first-order valence-corrected chi connectivity index (χ1v) is 7.31. The molecule has 0 spiro atoms. The van der Waals surface area contributed by atoms with Crippen LogP contribution in [0.1, 0.15) is 11.1 Å². The number of rotatable bonds is 5. The molecule has 2 rings (SSSR count). The van der Waals surface area contributed by atoms with Crippen LogP contribution in [0.15, 0.2) is 46.9 Å². The Morgan fingerprint density at radius 3 is 2.33 bits per heavy atom. The molecule has 0 saturated heterocycles. The molecule has 112 valence electrons. The van der Waals surface area contributed by atoms with Gasteiger partial charge < -0.3 is 10.8 Å². The van der Waals surface area contributed by atoms with Gasteiger partial charge in [0.25, 0.3) is 0 Å². The fourth-order valence-corrected chi connectivity index (χ4v) is 2.76. The quantitative estimate of drug-likeness (QED) is 0.865. The van der Waals surface area contributed by atoms with E-state index >= 15 is 0 Å². The zero-order valence-electron chi connectivity index (χ0n) is 11.3. The molecule has 0 heterocycles. The summed E-state index contributed by atoms with van der Waals surface area (Å²) in [5.74, 6) is -0.718. The molecule has 0 aliphatic carbocycles. The molecule has 0 bridgehead atoms. The number of hydrogen-bond acceptors (Lipinski definition) is 2. The molecule has 0 aliphatic heterocycles. The van der Waals surface area contributed by atoms with E-state index in [0.29, 0.717) is 16.5 Å². The van der Waals surface area contributed by atoms with Gasteiger partial charge in [-0.05, 0) is 51.7 Å². The van der Waals surface area contributed by atoms with Crippen LogP contribution in [0.4, 0.5) is 8.78 Å². The average Bonchev–Trinajstić information content (AvgIpc) is 2.50. The van der Waals surface area contributed by atoms with Crippen LogP contribution in [0.3, 0.4) is 0 Å². The van der Waals surface area contributed by atoms with Crippen molar-refractivity contribution in [2.75, 3.05) is 13.2 Å². The smallest absolute Gasteiger partial charge is 0.137 e. The molecule has 1 unspecified atom stereocenters. The van der Waals surface area contributed by atoms with Gasteiger partial charge in [0.2, 0.25) is 0 Å². The number of benzene rings is 2. The van der Waals surface area contributed by atoms with Crippen LogP contribution in [0, 0.1) is 11.6 Å². The minimum absolute atomic E-state index is 0.165. The Balaban J connectivity index is 2.43. The first-order valence-electron chi connectivity index (χ1n) is 6.52. The molecule has 0 radical (unpaired) electrons. The van der Waals surface area contributed by atoms with Crippen molar-refractivity contribution < 1.29 is 13.9 Å². The molecule has 0 amide bonds. The van der Waals surface area contributed by atoms with Crippen LogP contribution in [0.5, 0.6) is 0 Å².